The number of rotatable bonds is 6. The van der Waals surface area contributed by atoms with Crippen LogP contribution in [0.25, 0.3) is 0 Å². The number of hydrogen-bond acceptors (Lipinski definition) is 5. The fourth-order valence-corrected chi connectivity index (χ4v) is 3.44. The molecule has 0 aliphatic carbocycles. The number of methoxy groups -OCH3 is 1. The molecule has 0 unspecified atom stereocenters. The van der Waals surface area contributed by atoms with E-state index in [-0.39, 0.29) is 37.1 Å². The molecule has 0 bridgehead atoms. The number of nitrogens with zero attached hydrogens (tertiary/aromatic N) is 1. The predicted molar refractivity (Wildman–Crippen MR) is 87.8 cm³/mol. The number of aliphatic carboxylic acids is 1. The second kappa shape index (κ2) is 7.21. The summed E-state index contributed by atoms with van der Waals surface area (Å²) < 4.78 is 27.6. The molecule has 7 nitrogen and oxygen atoms in total. The first-order valence-corrected chi connectivity index (χ1v) is 9.59. The van der Waals surface area contributed by atoms with Gasteiger partial charge in [0, 0.05) is 31.7 Å². The second-order valence-electron chi connectivity index (χ2n) is 6.01. The number of likely N-dealkylation sites (tertiary alicyclic amines) is 1. The molecule has 2 rings (SSSR count). The van der Waals surface area contributed by atoms with E-state index in [0.717, 1.165) is 11.8 Å². The maximum atomic E-state index is 12.2. The summed E-state index contributed by atoms with van der Waals surface area (Å²) in [5.74, 6) is -1.99. The number of amides is 1. The Morgan fingerprint density at radius 3 is 2.62 bits per heavy atom. The average Bonchev–Trinajstić information content (AvgIpc) is 2.97. The van der Waals surface area contributed by atoms with Crippen LogP contribution in [0.3, 0.4) is 0 Å². The Hall–Kier alpha value is -2.09. The van der Waals surface area contributed by atoms with E-state index < -0.39 is 21.7 Å². The Balaban J connectivity index is 2.16. The summed E-state index contributed by atoms with van der Waals surface area (Å²) in [4.78, 5) is 25.2. The average molecular weight is 355 g/mol. The second-order valence-corrected chi connectivity index (χ2v) is 8.27. The minimum atomic E-state index is -3.23. The lowest BCUT2D eigenvalue weighted by Crippen LogP contribution is -2.31. The molecule has 1 fully saturated rings. The molecule has 1 aromatic carbocycles. The van der Waals surface area contributed by atoms with Crippen LogP contribution in [0.5, 0.6) is 5.75 Å². The van der Waals surface area contributed by atoms with E-state index in [0.29, 0.717) is 5.75 Å². The molecule has 1 heterocycles. The van der Waals surface area contributed by atoms with Gasteiger partial charge < -0.3 is 14.7 Å². The Kier molecular flexibility index (Phi) is 5.48. The Morgan fingerprint density at radius 1 is 1.33 bits per heavy atom. The lowest BCUT2D eigenvalue weighted by atomic mass is 9.89. The van der Waals surface area contributed by atoms with Gasteiger partial charge in [0.05, 0.1) is 18.8 Å². The van der Waals surface area contributed by atoms with Gasteiger partial charge in [-0.1, -0.05) is 12.1 Å². The van der Waals surface area contributed by atoms with Crippen molar-refractivity contribution >= 4 is 21.7 Å². The monoisotopic (exact) mass is 355 g/mol. The number of sulfone groups is 1. The number of carboxylic acid groups (broad SMARTS) is 1. The molecule has 1 aromatic rings. The summed E-state index contributed by atoms with van der Waals surface area (Å²) in [6, 6.07) is 7.13. The molecular formula is C16H21NO6S. The molecule has 24 heavy (non-hydrogen) atoms. The molecule has 0 radical (unpaired) electrons. The van der Waals surface area contributed by atoms with E-state index in [2.05, 4.69) is 0 Å². The molecular weight excluding hydrogens is 334 g/mol. The maximum Gasteiger partial charge on any atom is 0.308 e. The zero-order chi connectivity index (χ0) is 17.9. The molecule has 1 N–H and O–H groups in total. The van der Waals surface area contributed by atoms with Crippen LogP contribution in [0.1, 0.15) is 17.9 Å². The Bertz CT molecular complexity index is 730. The van der Waals surface area contributed by atoms with Crippen LogP contribution in [0.4, 0.5) is 0 Å². The van der Waals surface area contributed by atoms with E-state index in [1.807, 2.05) is 6.07 Å². The highest BCUT2D eigenvalue weighted by Gasteiger charge is 2.40. The summed E-state index contributed by atoms with van der Waals surface area (Å²) in [6.45, 7) is 0.340. The molecule has 1 amide bonds. The third kappa shape index (κ3) is 4.47. The van der Waals surface area contributed by atoms with Gasteiger partial charge in [-0.2, -0.15) is 0 Å². The number of carbonyl (C=O) groups excluding carboxylic acids is 1. The van der Waals surface area contributed by atoms with Crippen molar-refractivity contribution in [1.29, 1.82) is 0 Å². The van der Waals surface area contributed by atoms with Gasteiger partial charge in [0.25, 0.3) is 0 Å². The molecule has 1 aliphatic rings. The third-order valence-corrected chi connectivity index (χ3v) is 5.14. The van der Waals surface area contributed by atoms with Crippen molar-refractivity contribution in [3.8, 4) is 5.75 Å². The van der Waals surface area contributed by atoms with Crippen molar-refractivity contribution in [2.45, 2.75) is 12.3 Å². The van der Waals surface area contributed by atoms with Crippen LogP contribution in [0.2, 0.25) is 0 Å². The Morgan fingerprint density at radius 2 is 2.04 bits per heavy atom. The molecule has 132 valence electrons. The van der Waals surface area contributed by atoms with Crippen molar-refractivity contribution in [2.75, 3.05) is 32.2 Å². The summed E-state index contributed by atoms with van der Waals surface area (Å²) in [7, 11) is -1.70. The first-order chi connectivity index (χ1) is 11.2. The van der Waals surface area contributed by atoms with Crippen LogP contribution in [0.15, 0.2) is 24.3 Å². The topological polar surface area (TPSA) is 101 Å². The minimum Gasteiger partial charge on any atom is -0.497 e. The van der Waals surface area contributed by atoms with Crippen molar-refractivity contribution in [3.63, 3.8) is 0 Å². The van der Waals surface area contributed by atoms with Gasteiger partial charge in [0.15, 0.2) is 0 Å². The van der Waals surface area contributed by atoms with Crippen molar-refractivity contribution < 1.29 is 27.9 Å². The van der Waals surface area contributed by atoms with Gasteiger partial charge >= 0.3 is 5.97 Å². The normalized spacial score (nSPS) is 20.8. The molecule has 0 aromatic heterocycles. The first-order valence-electron chi connectivity index (χ1n) is 7.53. The highest BCUT2D eigenvalue weighted by Crippen LogP contribution is 2.34. The number of carboxylic acids is 1. The van der Waals surface area contributed by atoms with Crippen LogP contribution in [-0.2, 0) is 19.4 Å². The van der Waals surface area contributed by atoms with Crippen LogP contribution in [-0.4, -0.2) is 62.5 Å². The van der Waals surface area contributed by atoms with Crippen molar-refractivity contribution in [1.82, 2.24) is 4.90 Å². The molecule has 0 spiro atoms. The molecule has 2 atom stereocenters. The Labute approximate surface area is 141 Å². The highest BCUT2D eigenvalue weighted by atomic mass is 32.2. The lowest BCUT2D eigenvalue weighted by molar-refractivity contribution is -0.141. The molecule has 8 heteroatoms. The summed E-state index contributed by atoms with van der Waals surface area (Å²) in [6.07, 6.45) is 0.944. The predicted octanol–water partition coefficient (Wildman–Crippen LogP) is 0.756. The number of benzene rings is 1. The largest absolute Gasteiger partial charge is 0.497 e. The third-order valence-electron chi connectivity index (χ3n) is 4.20. The van der Waals surface area contributed by atoms with Gasteiger partial charge in [0.2, 0.25) is 5.91 Å². The lowest BCUT2D eigenvalue weighted by Gasteiger charge is -2.17. The highest BCUT2D eigenvalue weighted by molar-refractivity contribution is 7.90. The smallest absolute Gasteiger partial charge is 0.308 e. The standard InChI is InChI=1S/C16H21NO6S/c1-23-12-5-3-4-11(8-12)13-9-17(10-14(13)16(19)20)15(18)6-7-24(2,21)22/h3-5,8,13-14H,6-7,9-10H2,1-2H3,(H,19,20)/t13-,14+/m0/s1. The fourth-order valence-electron chi connectivity index (χ4n) is 2.90. The van der Waals surface area contributed by atoms with Crippen molar-refractivity contribution in [3.05, 3.63) is 29.8 Å². The zero-order valence-corrected chi connectivity index (χ0v) is 14.5. The molecule has 0 saturated carbocycles. The SMILES string of the molecule is COc1cccc([C@@H]2CN(C(=O)CCS(C)(=O)=O)C[C@H]2C(=O)O)c1. The van der Waals surface area contributed by atoms with Gasteiger partial charge in [-0.3, -0.25) is 9.59 Å². The number of hydrogen-bond donors (Lipinski definition) is 1. The first kappa shape index (κ1) is 18.3. The van der Waals surface area contributed by atoms with Crippen molar-refractivity contribution in [2.24, 2.45) is 5.92 Å². The molecule has 1 aliphatic heterocycles. The van der Waals surface area contributed by atoms with E-state index in [9.17, 15) is 23.1 Å². The summed E-state index contributed by atoms with van der Waals surface area (Å²) in [5.41, 5.74) is 0.792. The van der Waals surface area contributed by atoms with E-state index in [1.54, 1.807) is 18.2 Å². The van der Waals surface area contributed by atoms with Crippen LogP contribution in [0, 0.1) is 5.92 Å². The fraction of sp³-hybridized carbons (Fsp3) is 0.500. The minimum absolute atomic E-state index is 0.0831. The van der Waals surface area contributed by atoms with Gasteiger partial charge in [-0.15, -0.1) is 0 Å². The summed E-state index contributed by atoms with van der Waals surface area (Å²) in [5, 5.41) is 9.47. The number of carbonyl (C=O) groups is 2. The zero-order valence-electron chi connectivity index (χ0n) is 13.6. The quantitative estimate of drug-likeness (QED) is 0.808. The van der Waals surface area contributed by atoms with E-state index in [4.69, 9.17) is 4.74 Å². The van der Waals surface area contributed by atoms with Crippen LogP contribution >= 0.6 is 0 Å². The number of ether oxygens (including phenoxy) is 1. The molecule has 1 saturated heterocycles. The van der Waals surface area contributed by atoms with E-state index in [1.165, 1.54) is 12.0 Å². The van der Waals surface area contributed by atoms with E-state index >= 15 is 0 Å². The summed E-state index contributed by atoms with van der Waals surface area (Å²) >= 11 is 0. The van der Waals surface area contributed by atoms with Gasteiger partial charge in [-0.25, -0.2) is 8.42 Å². The van der Waals surface area contributed by atoms with Gasteiger partial charge in [-0.05, 0) is 17.7 Å². The van der Waals surface area contributed by atoms with Gasteiger partial charge in [0.1, 0.15) is 15.6 Å². The maximum absolute atomic E-state index is 12.2. The van der Waals surface area contributed by atoms with Crippen LogP contribution < -0.4 is 4.74 Å².